The standard InChI is InChI=1S/C18H18ClN3O3/c19-14-3-1-2-12(10-14)18(24)22-8-6-15(7-9-22)25-16-5-4-13(11-21-16)17(20)23/h1-5,10-11,15H,6-9H2,(H2,20,23). The number of likely N-dealkylation sites (tertiary alicyclic amines) is 1. The molecule has 0 bridgehead atoms. The van der Waals surface area contributed by atoms with Gasteiger partial charge in [-0.25, -0.2) is 4.98 Å². The molecular formula is C18H18ClN3O3. The Bertz CT molecular complexity index is 771. The molecule has 130 valence electrons. The van der Waals surface area contributed by atoms with E-state index in [-0.39, 0.29) is 12.0 Å². The van der Waals surface area contributed by atoms with Crippen molar-refractivity contribution in [1.29, 1.82) is 0 Å². The summed E-state index contributed by atoms with van der Waals surface area (Å²) in [5.41, 5.74) is 6.12. The predicted molar refractivity (Wildman–Crippen MR) is 93.8 cm³/mol. The summed E-state index contributed by atoms with van der Waals surface area (Å²) in [6.45, 7) is 1.21. The van der Waals surface area contributed by atoms with Gasteiger partial charge in [0.2, 0.25) is 11.8 Å². The maximum Gasteiger partial charge on any atom is 0.253 e. The van der Waals surface area contributed by atoms with Crippen LogP contribution in [0.4, 0.5) is 0 Å². The van der Waals surface area contributed by atoms with E-state index in [9.17, 15) is 9.59 Å². The normalized spacial score (nSPS) is 15.0. The molecule has 0 aliphatic carbocycles. The Balaban J connectivity index is 1.55. The highest BCUT2D eigenvalue weighted by Crippen LogP contribution is 2.20. The Morgan fingerprint density at radius 2 is 1.92 bits per heavy atom. The zero-order valence-electron chi connectivity index (χ0n) is 13.5. The number of carbonyl (C=O) groups is 2. The minimum Gasteiger partial charge on any atom is -0.474 e. The molecule has 2 N–H and O–H groups in total. The van der Waals surface area contributed by atoms with Crippen molar-refractivity contribution in [3.05, 3.63) is 58.7 Å². The van der Waals surface area contributed by atoms with Crippen LogP contribution in [0.15, 0.2) is 42.6 Å². The van der Waals surface area contributed by atoms with Crippen molar-refractivity contribution in [3.8, 4) is 5.88 Å². The van der Waals surface area contributed by atoms with Crippen LogP contribution < -0.4 is 10.5 Å². The average Bonchev–Trinajstić information content (AvgIpc) is 2.62. The Morgan fingerprint density at radius 1 is 1.16 bits per heavy atom. The van der Waals surface area contributed by atoms with Crippen LogP contribution in [0.25, 0.3) is 0 Å². The SMILES string of the molecule is NC(=O)c1ccc(OC2CCN(C(=O)c3cccc(Cl)c3)CC2)nc1. The summed E-state index contributed by atoms with van der Waals surface area (Å²) < 4.78 is 5.82. The summed E-state index contributed by atoms with van der Waals surface area (Å²) >= 11 is 5.95. The number of primary amides is 1. The number of piperidine rings is 1. The van der Waals surface area contributed by atoms with E-state index >= 15 is 0 Å². The molecule has 6 nitrogen and oxygen atoms in total. The quantitative estimate of drug-likeness (QED) is 0.908. The Kier molecular flexibility index (Phi) is 5.19. The Hall–Kier alpha value is -2.60. The second kappa shape index (κ2) is 7.53. The van der Waals surface area contributed by atoms with Gasteiger partial charge in [-0.2, -0.15) is 0 Å². The minimum absolute atomic E-state index is 0.0182. The van der Waals surface area contributed by atoms with Crippen LogP contribution in [0.5, 0.6) is 5.88 Å². The molecule has 0 atom stereocenters. The van der Waals surface area contributed by atoms with Crippen molar-refractivity contribution in [1.82, 2.24) is 9.88 Å². The van der Waals surface area contributed by atoms with Crippen LogP contribution in [0.3, 0.4) is 0 Å². The molecule has 2 amide bonds. The largest absolute Gasteiger partial charge is 0.474 e. The van der Waals surface area contributed by atoms with Crippen LogP contribution in [-0.2, 0) is 0 Å². The lowest BCUT2D eigenvalue weighted by molar-refractivity contribution is 0.0588. The number of benzene rings is 1. The molecule has 0 radical (unpaired) electrons. The average molecular weight is 360 g/mol. The van der Waals surface area contributed by atoms with Gasteiger partial charge in [-0.05, 0) is 24.3 Å². The van der Waals surface area contributed by atoms with Gasteiger partial charge >= 0.3 is 0 Å². The molecule has 2 aromatic rings. The first-order valence-electron chi connectivity index (χ1n) is 8.00. The summed E-state index contributed by atoms with van der Waals surface area (Å²) in [5.74, 6) is -0.0959. The highest BCUT2D eigenvalue weighted by Gasteiger charge is 2.25. The van der Waals surface area contributed by atoms with Gasteiger partial charge < -0.3 is 15.4 Å². The van der Waals surface area contributed by atoms with Crippen molar-refractivity contribution in [2.75, 3.05) is 13.1 Å². The monoisotopic (exact) mass is 359 g/mol. The van der Waals surface area contributed by atoms with E-state index in [0.29, 0.717) is 48.0 Å². The van der Waals surface area contributed by atoms with Crippen LogP contribution in [0.2, 0.25) is 5.02 Å². The first kappa shape index (κ1) is 17.2. The Labute approximate surface area is 150 Å². The molecule has 2 heterocycles. The molecule has 0 spiro atoms. The van der Waals surface area contributed by atoms with Crippen molar-refractivity contribution >= 4 is 23.4 Å². The third-order valence-electron chi connectivity index (χ3n) is 4.11. The maximum atomic E-state index is 12.5. The van der Waals surface area contributed by atoms with Gasteiger partial charge in [-0.3, -0.25) is 9.59 Å². The number of hydrogen-bond acceptors (Lipinski definition) is 4. The summed E-state index contributed by atoms with van der Waals surface area (Å²) in [6.07, 6.45) is 2.81. The molecule has 3 rings (SSSR count). The third-order valence-corrected chi connectivity index (χ3v) is 4.34. The number of ether oxygens (including phenoxy) is 1. The van der Waals surface area contributed by atoms with Gasteiger partial charge in [0.1, 0.15) is 6.10 Å². The van der Waals surface area contributed by atoms with Gasteiger partial charge in [0.05, 0.1) is 5.56 Å². The van der Waals surface area contributed by atoms with Crippen molar-refractivity contribution in [2.24, 2.45) is 5.73 Å². The first-order chi connectivity index (χ1) is 12.0. The molecule has 1 aromatic heterocycles. The topological polar surface area (TPSA) is 85.5 Å². The van der Waals surface area contributed by atoms with E-state index in [1.165, 1.54) is 6.20 Å². The number of hydrogen-bond donors (Lipinski definition) is 1. The zero-order chi connectivity index (χ0) is 17.8. The zero-order valence-corrected chi connectivity index (χ0v) is 14.3. The van der Waals surface area contributed by atoms with Gasteiger partial charge in [-0.15, -0.1) is 0 Å². The van der Waals surface area contributed by atoms with Gasteiger partial charge in [0, 0.05) is 48.8 Å². The van der Waals surface area contributed by atoms with Crippen molar-refractivity contribution in [2.45, 2.75) is 18.9 Å². The summed E-state index contributed by atoms with van der Waals surface area (Å²) in [5, 5.41) is 0.551. The molecule has 1 aromatic carbocycles. The number of halogens is 1. The number of aromatic nitrogens is 1. The fourth-order valence-electron chi connectivity index (χ4n) is 2.75. The van der Waals surface area contributed by atoms with E-state index < -0.39 is 5.91 Å². The molecule has 1 fully saturated rings. The predicted octanol–water partition coefficient (Wildman–Crippen LogP) is 2.52. The van der Waals surface area contributed by atoms with Crippen LogP contribution in [-0.4, -0.2) is 40.9 Å². The lowest BCUT2D eigenvalue weighted by Crippen LogP contribution is -2.41. The van der Waals surface area contributed by atoms with E-state index in [0.717, 1.165) is 0 Å². The molecular weight excluding hydrogens is 342 g/mol. The van der Waals surface area contributed by atoms with Gasteiger partial charge in [0.15, 0.2) is 0 Å². The number of pyridine rings is 1. The minimum atomic E-state index is -0.521. The van der Waals surface area contributed by atoms with Crippen LogP contribution in [0, 0.1) is 0 Å². The maximum absolute atomic E-state index is 12.5. The second-order valence-electron chi connectivity index (χ2n) is 5.87. The Morgan fingerprint density at radius 3 is 2.52 bits per heavy atom. The highest BCUT2D eigenvalue weighted by atomic mass is 35.5. The van der Waals surface area contributed by atoms with E-state index in [2.05, 4.69) is 4.98 Å². The van der Waals surface area contributed by atoms with Crippen molar-refractivity contribution < 1.29 is 14.3 Å². The summed E-state index contributed by atoms with van der Waals surface area (Å²) in [4.78, 5) is 29.4. The van der Waals surface area contributed by atoms with Gasteiger partial charge in [0.25, 0.3) is 5.91 Å². The van der Waals surface area contributed by atoms with Crippen LogP contribution >= 0.6 is 11.6 Å². The van der Waals surface area contributed by atoms with Crippen LogP contribution in [0.1, 0.15) is 33.6 Å². The number of rotatable bonds is 4. The lowest BCUT2D eigenvalue weighted by atomic mass is 10.1. The van der Waals surface area contributed by atoms with E-state index in [1.807, 2.05) is 0 Å². The fourth-order valence-corrected chi connectivity index (χ4v) is 2.94. The fraction of sp³-hybridized carbons (Fsp3) is 0.278. The molecule has 0 saturated carbocycles. The highest BCUT2D eigenvalue weighted by molar-refractivity contribution is 6.30. The first-order valence-corrected chi connectivity index (χ1v) is 8.38. The molecule has 25 heavy (non-hydrogen) atoms. The number of amides is 2. The van der Waals surface area contributed by atoms with E-state index in [4.69, 9.17) is 22.1 Å². The van der Waals surface area contributed by atoms with Crippen molar-refractivity contribution in [3.63, 3.8) is 0 Å². The van der Waals surface area contributed by atoms with E-state index in [1.54, 1.807) is 41.3 Å². The summed E-state index contributed by atoms with van der Waals surface area (Å²) in [6, 6.07) is 10.2. The molecule has 1 aliphatic heterocycles. The molecule has 1 aliphatic rings. The summed E-state index contributed by atoms with van der Waals surface area (Å²) in [7, 11) is 0. The number of carbonyl (C=O) groups excluding carboxylic acids is 2. The number of nitrogens with zero attached hydrogens (tertiary/aromatic N) is 2. The second-order valence-corrected chi connectivity index (χ2v) is 6.31. The molecule has 1 saturated heterocycles. The third kappa shape index (κ3) is 4.28. The number of nitrogens with two attached hydrogens (primary N) is 1. The lowest BCUT2D eigenvalue weighted by Gasteiger charge is -2.32. The van der Waals surface area contributed by atoms with Gasteiger partial charge in [-0.1, -0.05) is 17.7 Å². The smallest absolute Gasteiger partial charge is 0.253 e. The molecule has 0 unspecified atom stereocenters. The molecule has 7 heteroatoms.